The molecule has 0 atom stereocenters. The molecule has 0 aromatic heterocycles. The summed E-state index contributed by atoms with van der Waals surface area (Å²) in [5.74, 6) is 0. The van der Waals surface area contributed by atoms with Gasteiger partial charge in [-0.3, -0.25) is 0 Å². The molecule has 20 heavy (non-hydrogen) atoms. The monoisotopic (exact) mass is 412 g/mol. The summed E-state index contributed by atoms with van der Waals surface area (Å²) in [5.41, 5.74) is -1.34. The summed E-state index contributed by atoms with van der Waals surface area (Å²) in [5, 5.41) is 16.1. The molecule has 0 aliphatic carbocycles. The summed E-state index contributed by atoms with van der Waals surface area (Å²) in [6, 6.07) is 0. The molecule has 120 valence electrons. The van der Waals surface area contributed by atoms with Crippen molar-refractivity contribution in [2.24, 2.45) is 0 Å². The molecule has 0 heterocycles. The van der Waals surface area contributed by atoms with Crippen molar-refractivity contribution in [2.75, 3.05) is 6.61 Å². The number of hydrogen-bond acceptors (Lipinski definition) is 4. The predicted octanol–water partition coefficient (Wildman–Crippen LogP) is 4.88. The molecule has 2 N–H and O–H groups in total. The van der Waals surface area contributed by atoms with Crippen LogP contribution in [0.3, 0.4) is 0 Å². The fourth-order valence-electron chi connectivity index (χ4n) is 0.420. The minimum Gasteiger partial charge on any atom is -0.450 e. The van der Waals surface area contributed by atoms with Gasteiger partial charge in [-0.1, -0.05) is 69.6 Å². The Morgan fingerprint density at radius 1 is 0.950 bits per heavy atom. The van der Waals surface area contributed by atoms with Crippen LogP contribution in [-0.2, 0) is 9.47 Å². The van der Waals surface area contributed by atoms with E-state index in [0.29, 0.717) is 0 Å². The summed E-state index contributed by atoms with van der Waals surface area (Å²) >= 11 is 31.6. The van der Waals surface area contributed by atoms with E-state index in [1.54, 1.807) is 0 Å². The lowest BCUT2D eigenvalue weighted by Crippen LogP contribution is -2.40. The van der Waals surface area contributed by atoms with E-state index in [9.17, 15) is 9.59 Å². The third kappa shape index (κ3) is 13.3. The van der Waals surface area contributed by atoms with Crippen molar-refractivity contribution < 1.29 is 29.3 Å². The first-order valence-electron chi connectivity index (χ1n) is 4.49. The lowest BCUT2D eigenvalue weighted by molar-refractivity contribution is 0.00612. The van der Waals surface area contributed by atoms with Gasteiger partial charge in [0.05, 0.1) is 0 Å². The molecule has 0 aliphatic heterocycles. The maximum atomic E-state index is 10.1. The summed E-state index contributed by atoms with van der Waals surface area (Å²) in [6.07, 6.45) is -2.93. The zero-order valence-electron chi connectivity index (χ0n) is 10.0. The van der Waals surface area contributed by atoms with Crippen LogP contribution in [0.25, 0.3) is 0 Å². The summed E-state index contributed by atoms with van der Waals surface area (Å²) < 4.78 is 4.84. The molecule has 0 amide bonds. The van der Waals surface area contributed by atoms with Crippen molar-refractivity contribution in [3.05, 3.63) is 0 Å². The molecule has 0 saturated carbocycles. The zero-order chi connectivity index (χ0) is 16.8. The van der Waals surface area contributed by atoms with Crippen LogP contribution in [0, 0.1) is 0 Å². The Balaban J connectivity index is 0. The maximum absolute atomic E-state index is 10.1. The molecule has 0 radical (unpaired) electrons. The molecule has 0 saturated heterocycles. The molecular weight excluding hydrogens is 405 g/mol. The normalized spacial score (nSPS) is 12.0. The summed E-state index contributed by atoms with van der Waals surface area (Å²) in [6.45, 7) is 2.29. The van der Waals surface area contributed by atoms with Crippen molar-refractivity contribution >= 4 is 81.9 Å². The molecule has 0 unspecified atom stereocenters. The van der Waals surface area contributed by atoms with E-state index in [4.69, 9.17) is 79.8 Å². The zero-order valence-corrected chi connectivity index (χ0v) is 14.5. The Kier molecular flexibility index (Phi) is 9.76. The third-order valence-corrected chi connectivity index (χ3v) is 3.08. The second-order valence-corrected chi connectivity index (χ2v) is 8.34. The molecule has 0 rings (SSSR count). The Labute approximate surface area is 144 Å². The molecule has 6 nitrogen and oxygen atoms in total. The molecule has 12 heteroatoms. The maximum Gasteiger partial charge on any atom is 0.506 e. The lowest BCUT2D eigenvalue weighted by Gasteiger charge is -2.30. The highest BCUT2D eigenvalue weighted by Gasteiger charge is 2.44. The number of halogens is 6. The van der Waals surface area contributed by atoms with Crippen LogP contribution >= 0.6 is 69.6 Å². The predicted molar refractivity (Wildman–Crippen MR) is 77.7 cm³/mol. The summed E-state index contributed by atoms with van der Waals surface area (Å²) in [7, 11) is 0. The lowest BCUT2D eigenvalue weighted by atomic mass is 10.2. The quantitative estimate of drug-likeness (QED) is 0.494. The van der Waals surface area contributed by atoms with Crippen LogP contribution in [0.4, 0.5) is 9.59 Å². The van der Waals surface area contributed by atoms with Gasteiger partial charge in [-0.15, -0.1) is 0 Å². The van der Waals surface area contributed by atoms with Gasteiger partial charge >= 0.3 is 12.3 Å². The first kappa shape index (κ1) is 22.6. The van der Waals surface area contributed by atoms with Crippen LogP contribution in [-0.4, -0.2) is 42.3 Å². The highest BCUT2D eigenvalue weighted by atomic mass is 35.6. The van der Waals surface area contributed by atoms with Crippen molar-refractivity contribution in [3.63, 3.8) is 0 Å². The Morgan fingerprint density at radius 3 is 1.45 bits per heavy atom. The van der Waals surface area contributed by atoms with Crippen molar-refractivity contribution in [2.45, 2.75) is 27.0 Å². The van der Waals surface area contributed by atoms with Gasteiger partial charge in [0.2, 0.25) is 7.59 Å². The van der Waals surface area contributed by atoms with E-state index < -0.39 is 32.1 Å². The van der Waals surface area contributed by atoms with Crippen molar-refractivity contribution in [1.29, 1.82) is 0 Å². The minimum atomic E-state index is -1.76. The van der Waals surface area contributed by atoms with Crippen LogP contribution in [0.15, 0.2) is 0 Å². The number of ether oxygens (including phenoxy) is 2. The number of alkyl halides is 6. The number of rotatable bonds is 2. The van der Waals surface area contributed by atoms with Gasteiger partial charge in [0.15, 0.2) is 5.60 Å². The largest absolute Gasteiger partial charge is 0.506 e. The standard InChI is InChI=1S/C5H7Cl3O3.C3H3Cl3O3/c1-4(2,5(6,7)8)11-3(9)10;4-3(5,6)1-9-2(7)8/h1-2H3,(H,9,10);1H2,(H,7,8). The number of carboxylic acid groups (broad SMARTS) is 2. The summed E-state index contributed by atoms with van der Waals surface area (Å²) in [4.78, 5) is 19.7. The van der Waals surface area contributed by atoms with Crippen LogP contribution in [0.1, 0.15) is 13.8 Å². The van der Waals surface area contributed by atoms with Gasteiger partial charge in [0.1, 0.15) is 6.61 Å². The number of carbonyl (C=O) groups is 2. The molecular formula is C8H10Cl6O6. The van der Waals surface area contributed by atoms with Gasteiger partial charge in [-0.2, -0.15) is 0 Å². The molecule has 0 bridgehead atoms. The van der Waals surface area contributed by atoms with Crippen LogP contribution in [0.2, 0.25) is 0 Å². The topological polar surface area (TPSA) is 93.1 Å². The minimum absolute atomic E-state index is 0.451. The average molecular weight is 415 g/mol. The first-order valence-corrected chi connectivity index (χ1v) is 6.76. The average Bonchev–Trinajstić information content (AvgIpc) is 2.10. The van der Waals surface area contributed by atoms with Gasteiger partial charge in [0, 0.05) is 0 Å². The van der Waals surface area contributed by atoms with E-state index in [1.165, 1.54) is 13.8 Å². The Hall–Kier alpha value is 0.280. The smallest absolute Gasteiger partial charge is 0.450 e. The van der Waals surface area contributed by atoms with E-state index >= 15 is 0 Å². The van der Waals surface area contributed by atoms with Crippen molar-refractivity contribution in [1.82, 2.24) is 0 Å². The Bertz CT molecular complexity index is 333. The van der Waals surface area contributed by atoms with E-state index in [2.05, 4.69) is 9.47 Å². The molecule has 0 aliphatic rings. The van der Waals surface area contributed by atoms with Crippen LogP contribution < -0.4 is 0 Å². The highest BCUT2D eigenvalue weighted by Crippen LogP contribution is 2.40. The van der Waals surface area contributed by atoms with Crippen LogP contribution in [0.5, 0.6) is 0 Å². The highest BCUT2D eigenvalue weighted by molar-refractivity contribution is 6.68. The van der Waals surface area contributed by atoms with Gasteiger partial charge < -0.3 is 19.7 Å². The molecule has 0 fully saturated rings. The van der Waals surface area contributed by atoms with E-state index in [1.807, 2.05) is 0 Å². The third-order valence-electron chi connectivity index (χ3n) is 1.38. The fraction of sp³-hybridized carbons (Fsp3) is 0.750. The second-order valence-electron chi connectivity index (χ2n) is 3.55. The fourth-order valence-corrected chi connectivity index (χ4v) is 0.699. The SMILES string of the molecule is CC(C)(OC(=O)O)C(Cl)(Cl)Cl.O=C(O)OCC(Cl)(Cl)Cl. The van der Waals surface area contributed by atoms with Gasteiger partial charge in [0.25, 0.3) is 0 Å². The molecule has 0 aromatic carbocycles. The van der Waals surface area contributed by atoms with E-state index in [0.717, 1.165) is 0 Å². The molecule has 0 spiro atoms. The van der Waals surface area contributed by atoms with Crippen molar-refractivity contribution in [3.8, 4) is 0 Å². The van der Waals surface area contributed by atoms with Gasteiger partial charge in [-0.05, 0) is 13.8 Å². The van der Waals surface area contributed by atoms with E-state index in [-0.39, 0.29) is 0 Å². The Morgan fingerprint density at radius 2 is 1.35 bits per heavy atom. The van der Waals surface area contributed by atoms with Gasteiger partial charge in [-0.25, -0.2) is 9.59 Å². The second kappa shape index (κ2) is 8.66. The molecule has 0 aromatic rings. The first-order chi connectivity index (χ1) is 8.58. The number of hydrogen-bond donors (Lipinski definition) is 2.